The lowest BCUT2D eigenvalue weighted by molar-refractivity contribution is -0.276. The van der Waals surface area contributed by atoms with Crippen molar-refractivity contribution in [1.29, 1.82) is 0 Å². The number of rotatable bonds is 14. The normalized spacial score (nSPS) is 14.2. The first-order valence-corrected chi connectivity index (χ1v) is 9.16. The molecule has 140 valence electrons. The van der Waals surface area contributed by atoms with Crippen LogP contribution in [-0.2, 0) is 9.47 Å². The molecule has 0 spiro atoms. The summed E-state index contributed by atoms with van der Waals surface area (Å²) in [6.07, 6.45) is 2.69. The molecule has 0 aromatic carbocycles. The van der Waals surface area contributed by atoms with Crippen LogP contribution in [0, 0.1) is 5.92 Å². The fourth-order valence-corrected chi connectivity index (χ4v) is 2.97. The Hall–Kier alpha value is -0.290. The highest BCUT2D eigenvalue weighted by molar-refractivity contribution is 4.79. The molecule has 0 saturated heterocycles. The van der Waals surface area contributed by atoms with Gasteiger partial charge in [-0.2, -0.15) is 13.2 Å². The Kier molecular flexibility index (Phi) is 12.0. The van der Waals surface area contributed by atoms with Gasteiger partial charge in [0.2, 0.25) is 0 Å². The number of hydrogen-bond acceptors (Lipinski definition) is 2. The molecule has 0 aliphatic carbocycles. The standard InChI is InChI=1S/C18H35F3O2/c1-5-8-9-10-11-12-13-16(4)17(22-6-2,23-7-3)14-15-18(19,20)21/h16H,5-15H2,1-4H3. The van der Waals surface area contributed by atoms with E-state index in [1.165, 1.54) is 25.7 Å². The number of ether oxygens (including phenoxy) is 2. The molecule has 0 aromatic rings. The molecule has 0 heterocycles. The summed E-state index contributed by atoms with van der Waals surface area (Å²) in [5.41, 5.74) is 0. The van der Waals surface area contributed by atoms with Crippen LogP contribution in [0.2, 0.25) is 0 Å². The molecular formula is C18H35F3O2. The summed E-state index contributed by atoms with van der Waals surface area (Å²) in [7, 11) is 0. The first-order valence-electron chi connectivity index (χ1n) is 9.16. The minimum absolute atomic E-state index is 0.0454. The Morgan fingerprint density at radius 1 is 0.783 bits per heavy atom. The lowest BCUT2D eigenvalue weighted by atomic mass is 9.90. The molecule has 0 N–H and O–H groups in total. The second kappa shape index (κ2) is 12.1. The fourth-order valence-electron chi connectivity index (χ4n) is 2.97. The maximum atomic E-state index is 12.6. The van der Waals surface area contributed by atoms with E-state index in [0.29, 0.717) is 13.2 Å². The van der Waals surface area contributed by atoms with Gasteiger partial charge in [0.25, 0.3) is 0 Å². The van der Waals surface area contributed by atoms with E-state index in [2.05, 4.69) is 6.92 Å². The van der Waals surface area contributed by atoms with E-state index in [0.717, 1.165) is 19.3 Å². The van der Waals surface area contributed by atoms with Gasteiger partial charge in [-0.25, -0.2) is 0 Å². The van der Waals surface area contributed by atoms with Gasteiger partial charge in [-0.05, 0) is 20.3 Å². The maximum Gasteiger partial charge on any atom is 0.389 e. The minimum atomic E-state index is -4.18. The molecule has 1 atom stereocenters. The van der Waals surface area contributed by atoms with E-state index in [9.17, 15) is 13.2 Å². The number of alkyl halides is 3. The van der Waals surface area contributed by atoms with Gasteiger partial charge in [-0.15, -0.1) is 0 Å². The van der Waals surface area contributed by atoms with E-state index in [1.807, 2.05) is 6.92 Å². The summed E-state index contributed by atoms with van der Waals surface area (Å²) >= 11 is 0. The topological polar surface area (TPSA) is 18.5 Å². The molecule has 0 rings (SSSR count). The van der Waals surface area contributed by atoms with Crippen LogP contribution in [0.5, 0.6) is 0 Å². The van der Waals surface area contributed by atoms with Crippen molar-refractivity contribution in [2.24, 2.45) is 5.92 Å². The predicted molar refractivity (Wildman–Crippen MR) is 88.4 cm³/mol. The van der Waals surface area contributed by atoms with E-state index < -0.39 is 18.4 Å². The van der Waals surface area contributed by atoms with Gasteiger partial charge in [0.1, 0.15) is 0 Å². The summed E-state index contributed by atoms with van der Waals surface area (Å²) in [4.78, 5) is 0. The lowest BCUT2D eigenvalue weighted by Crippen LogP contribution is -2.43. The SMILES string of the molecule is CCCCCCCCC(C)C(CCC(F)(F)F)(OCC)OCC. The molecule has 0 aliphatic heterocycles. The molecule has 1 unspecified atom stereocenters. The van der Waals surface area contributed by atoms with Gasteiger partial charge < -0.3 is 9.47 Å². The highest BCUT2D eigenvalue weighted by atomic mass is 19.4. The summed E-state index contributed by atoms with van der Waals surface area (Å²) in [5, 5.41) is 0. The van der Waals surface area contributed by atoms with Crippen LogP contribution in [0.4, 0.5) is 13.2 Å². The quantitative estimate of drug-likeness (QED) is 0.266. The highest BCUT2D eigenvalue weighted by Crippen LogP contribution is 2.36. The van der Waals surface area contributed by atoms with Crippen LogP contribution in [0.1, 0.15) is 85.5 Å². The number of hydrogen-bond donors (Lipinski definition) is 0. The first kappa shape index (κ1) is 22.7. The van der Waals surface area contributed by atoms with Crippen molar-refractivity contribution in [1.82, 2.24) is 0 Å². The Labute approximate surface area is 140 Å². The van der Waals surface area contributed by atoms with Crippen LogP contribution in [0.15, 0.2) is 0 Å². The maximum absolute atomic E-state index is 12.6. The van der Waals surface area contributed by atoms with Crippen molar-refractivity contribution >= 4 is 0 Å². The van der Waals surface area contributed by atoms with Gasteiger partial charge in [0.15, 0.2) is 5.79 Å². The van der Waals surface area contributed by atoms with Crippen molar-refractivity contribution in [2.75, 3.05) is 13.2 Å². The Morgan fingerprint density at radius 2 is 1.30 bits per heavy atom. The molecule has 0 aromatic heterocycles. The molecule has 0 amide bonds. The molecule has 0 fully saturated rings. The summed E-state index contributed by atoms with van der Waals surface area (Å²) in [6.45, 7) is 8.46. The number of unbranched alkanes of at least 4 members (excludes halogenated alkanes) is 5. The van der Waals surface area contributed by atoms with Crippen molar-refractivity contribution in [3.63, 3.8) is 0 Å². The van der Waals surface area contributed by atoms with E-state index in [4.69, 9.17) is 9.47 Å². The predicted octanol–water partition coefficient (Wildman–Crippen LogP) is 6.48. The summed E-state index contributed by atoms with van der Waals surface area (Å²) in [6, 6.07) is 0. The van der Waals surface area contributed by atoms with Crippen molar-refractivity contribution in [3.8, 4) is 0 Å². The third kappa shape index (κ3) is 10.2. The molecule has 0 aliphatic rings. The van der Waals surface area contributed by atoms with Gasteiger partial charge in [-0.3, -0.25) is 0 Å². The molecule has 0 radical (unpaired) electrons. The second-order valence-corrected chi connectivity index (χ2v) is 6.25. The summed E-state index contributed by atoms with van der Waals surface area (Å²) in [5.74, 6) is -1.15. The van der Waals surface area contributed by atoms with Gasteiger partial charge >= 0.3 is 6.18 Å². The van der Waals surface area contributed by atoms with E-state index >= 15 is 0 Å². The molecular weight excluding hydrogens is 305 g/mol. The zero-order chi connectivity index (χ0) is 17.8. The van der Waals surface area contributed by atoms with Crippen LogP contribution in [0.25, 0.3) is 0 Å². The monoisotopic (exact) mass is 340 g/mol. The van der Waals surface area contributed by atoms with Gasteiger partial charge in [0, 0.05) is 32.0 Å². The van der Waals surface area contributed by atoms with Crippen LogP contribution in [0.3, 0.4) is 0 Å². The van der Waals surface area contributed by atoms with E-state index in [-0.39, 0.29) is 12.3 Å². The number of halogens is 3. The van der Waals surface area contributed by atoms with Crippen LogP contribution >= 0.6 is 0 Å². The fraction of sp³-hybridized carbons (Fsp3) is 1.00. The molecule has 0 bridgehead atoms. The molecule has 23 heavy (non-hydrogen) atoms. The zero-order valence-electron chi connectivity index (χ0n) is 15.3. The minimum Gasteiger partial charge on any atom is -0.350 e. The third-order valence-electron chi connectivity index (χ3n) is 4.28. The van der Waals surface area contributed by atoms with Crippen LogP contribution in [-0.4, -0.2) is 25.2 Å². The van der Waals surface area contributed by atoms with Crippen molar-refractivity contribution in [3.05, 3.63) is 0 Å². The van der Waals surface area contributed by atoms with Crippen molar-refractivity contribution in [2.45, 2.75) is 97.4 Å². The smallest absolute Gasteiger partial charge is 0.350 e. The summed E-state index contributed by atoms with van der Waals surface area (Å²) < 4.78 is 49.3. The largest absolute Gasteiger partial charge is 0.389 e. The van der Waals surface area contributed by atoms with Crippen LogP contribution < -0.4 is 0 Å². The Bertz CT molecular complexity index is 274. The van der Waals surface area contributed by atoms with Gasteiger partial charge in [-0.1, -0.05) is 52.4 Å². The average Bonchev–Trinajstić information content (AvgIpc) is 2.48. The average molecular weight is 340 g/mol. The second-order valence-electron chi connectivity index (χ2n) is 6.25. The highest BCUT2D eigenvalue weighted by Gasteiger charge is 2.41. The molecule has 0 saturated carbocycles. The molecule has 2 nitrogen and oxygen atoms in total. The first-order chi connectivity index (χ1) is 10.8. The zero-order valence-corrected chi connectivity index (χ0v) is 15.3. The van der Waals surface area contributed by atoms with E-state index in [1.54, 1.807) is 13.8 Å². The Morgan fingerprint density at radius 3 is 1.78 bits per heavy atom. The van der Waals surface area contributed by atoms with Gasteiger partial charge in [0.05, 0.1) is 0 Å². The molecule has 5 heteroatoms. The van der Waals surface area contributed by atoms with Crippen molar-refractivity contribution < 1.29 is 22.6 Å². The Balaban J connectivity index is 4.55. The lowest BCUT2D eigenvalue weighted by Gasteiger charge is -2.39. The third-order valence-corrected chi connectivity index (χ3v) is 4.28.